The van der Waals surface area contributed by atoms with Crippen LogP contribution in [0.2, 0.25) is 0 Å². The van der Waals surface area contributed by atoms with Crippen molar-refractivity contribution in [2.24, 2.45) is 0 Å². The Kier molecular flexibility index (Phi) is 3.29. The van der Waals surface area contributed by atoms with E-state index in [0.29, 0.717) is 11.3 Å². The fourth-order valence-electron chi connectivity index (χ4n) is 2.52. The number of carbonyl (C=O) groups is 1. The molecule has 0 amide bonds. The maximum Gasteiger partial charge on any atom is 0.174 e. The van der Waals surface area contributed by atoms with Crippen molar-refractivity contribution in [3.8, 4) is 28.7 Å². The van der Waals surface area contributed by atoms with Crippen molar-refractivity contribution in [3.05, 3.63) is 41.5 Å². The van der Waals surface area contributed by atoms with Gasteiger partial charge in [0.05, 0.1) is 13.5 Å². The molecule has 22 heavy (non-hydrogen) atoms. The minimum atomic E-state index is -0.662. The van der Waals surface area contributed by atoms with Gasteiger partial charge >= 0.3 is 0 Å². The summed E-state index contributed by atoms with van der Waals surface area (Å²) in [6.07, 6.45) is -0.667. The van der Waals surface area contributed by atoms with Crippen LogP contribution in [0.3, 0.4) is 0 Å². The monoisotopic (exact) mass is 302 g/mol. The molecule has 0 aromatic heterocycles. The first kappa shape index (κ1) is 14.1. The van der Waals surface area contributed by atoms with Gasteiger partial charge < -0.3 is 24.8 Å². The number of carbonyl (C=O) groups excluding carboxylic acids is 1. The van der Waals surface area contributed by atoms with E-state index in [-0.39, 0.29) is 40.8 Å². The molecule has 6 nitrogen and oxygen atoms in total. The predicted molar refractivity (Wildman–Crippen MR) is 76.7 cm³/mol. The van der Waals surface area contributed by atoms with E-state index in [2.05, 4.69) is 0 Å². The lowest BCUT2D eigenvalue weighted by Gasteiger charge is -2.26. The van der Waals surface area contributed by atoms with E-state index in [4.69, 9.17) is 9.47 Å². The standard InChI is InChI=1S/C16H14O6/c1-21-11-5-12(19)16-13(20)7-14(22-15(16)6-11)8-2-9(17)4-10(18)3-8/h2-6,14,17-19H,7H2,1H3. The van der Waals surface area contributed by atoms with Gasteiger partial charge in [0, 0.05) is 23.8 Å². The molecule has 0 radical (unpaired) electrons. The van der Waals surface area contributed by atoms with Crippen LogP contribution in [0, 0.1) is 0 Å². The molecule has 3 rings (SSSR count). The molecule has 1 atom stereocenters. The topological polar surface area (TPSA) is 96.2 Å². The Morgan fingerprint density at radius 3 is 2.41 bits per heavy atom. The molecule has 0 spiro atoms. The molecule has 0 aliphatic carbocycles. The number of Topliss-reactive ketones (excluding diaryl/α,β-unsaturated/α-hetero) is 1. The summed E-state index contributed by atoms with van der Waals surface area (Å²) in [7, 11) is 1.44. The number of hydrogen-bond acceptors (Lipinski definition) is 6. The minimum Gasteiger partial charge on any atom is -0.508 e. The Hall–Kier alpha value is -2.89. The van der Waals surface area contributed by atoms with Crippen molar-refractivity contribution >= 4 is 5.78 Å². The number of ketones is 1. The summed E-state index contributed by atoms with van der Waals surface area (Å²) < 4.78 is 10.8. The van der Waals surface area contributed by atoms with Crippen molar-refractivity contribution < 1.29 is 29.6 Å². The molecule has 1 unspecified atom stereocenters. The molecule has 1 heterocycles. The number of hydrogen-bond donors (Lipinski definition) is 3. The van der Waals surface area contributed by atoms with Gasteiger partial charge in [-0.2, -0.15) is 0 Å². The second-order valence-electron chi connectivity index (χ2n) is 5.04. The largest absolute Gasteiger partial charge is 0.508 e. The van der Waals surface area contributed by atoms with E-state index in [1.54, 1.807) is 0 Å². The Morgan fingerprint density at radius 1 is 1.09 bits per heavy atom. The second-order valence-corrected chi connectivity index (χ2v) is 5.04. The number of phenolic OH excluding ortho intramolecular Hbond substituents is 3. The number of phenols is 3. The van der Waals surface area contributed by atoms with Crippen LogP contribution in [0.4, 0.5) is 0 Å². The third-order valence-corrected chi connectivity index (χ3v) is 3.51. The van der Waals surface area contributed by atoms with Gasteiger partial charge in [-0.3, -0.25) is 4.79 Å². The van der Waals surface area contributed by atoms with Crippen LogP contribution >= 0.6 is 0 Å². The number of fused-ring (bicyclic) bond motifs is 1. The van der Waals surface area contributed by atoms with Crippen molar-refractivity contribution in [1.82, 2.24) is 0 Å². The van der Waals surface area contributed by atoms with E-state index in [0.717, 1.165) is 0 Å². The quantitative estimate of drug-likeness (QED) is 0.789. The first-order valence-electron chi connectivity index (χ1n) is 6.61. The summed E-state index contributed by atoms with van der Waals surface area (Å²) in [5.74, 6) is -0.147. The minimum absolute atomic E-state index is 0.00418. The van der Waals surface area contributed by atoms with Gasteiger partial charge in [-0.25, -0.2) is 0 Å². The van der Waals surface area contributed by atoms with E-state index >= 15 is 0 Å². The summed E-state index contributed by atoms with van der Waals surface area (Å²) in [6.45, 7) is 0. The van der Waals surface area contributed by atoms with Crippen LogP contribution in [0.1, 0.15) is 28.4 Å². The maximum atomic E-state index is 12.3. The maximum absolute atomic E-state index is 12.3. The lowest BCUT2D eigenvalue weighted by atomic mass is 9.95. The van der Waals surface area contributed by atoms with Gasteiger partial charge in [0.15, 0.2) is 5.78 Å². The first-order chi connectivity index (χ1) is 10.5. The van der Waals surface area contributed by atoms with E-state index in [1.165, 1.54) is 37.4 Å². The Morgan fingerprint density at radius 2 is 1.77 bits per heavy atom. The number of ether oxygens (including phenoxy) is 2. The van der Waals surface area contributed by atoms with Crippen LogP contribution in [-0.4, -0.2) is 28.2 Å². The number of benzene rings is 2. The molecule has 0 bridgehead atoms. The molecular weight excluding hydrogens is 288 g/mol. The highest BCUT2D eigenvalue weighted by molar-refractivity contribution is 6.02. The molecule has 1 aliphatic rings. The molecule has 1 aliphatic heterocycles. The van der Waals surface area contributed by atoms with Gasteiger partial charge in [-0.15, -0.1) is 0 Å². The van der Waals surface area contributed by atoms with Gasteiger partial charge in [0.2, 0.25) is 0 Å². The number of rotatable bonds is 2. The van der Waals surface area contributed by atoms with Crippen molar-refractivity contribution in [3.63, 3.8) is 0 Å². The second kappa shape index (κ2) is 5.14. The van der Waals surface area contributed by atoms with Crippen LogP contribution < -0.4 is 9.47 Å². The fraction of sp³-hybridized carbons (Fsp3) is 0.188. The Labute approximate surface area is 126 Å². The highest BCUT2D eigenvalue weighted by Gasteiger charge is 2.31. The lowest BCUT2D eigenvalue weighted by Crippen LogP contribution is -2.20. The summed E-state index contributed by atoms with van der Waals surface area (Å²) in [6, 6.07) is 6.89. The smallest absolute Gasteiger partial charge is 0.174 e. The van der Waals surface area contributed by atoms with E-state index in [1.807, 2.05) is 0 Å². The molecule has 0 saturated carbocycles. The molecular formula is C16H14O6. The van der Waals surface area contributed by atoms with Crippen LogP contribution in [0.15, 0.2) is 30.3 Å². The molecule has 2 aromatic carbocycles. The predicted octanol–water partition coefficient (Wildman–Crippen LogP) is 2.52. The van der Waals surface area contributed by atoms with Crippen molar-refractivity contribution in [2.45, 2.75) is 12.5 Å². The van der Waals surface area contributed by atoms with Crippen molar-refractivity contribution in [2.75, 3.05) is 7.11 Å². The molecule has 0 fully saturated rings. The normalized spacial score (nSPS) is 16.8. The van der Waals surface area contributed by atoms with Crippen LogP contribution in [0.25, 0.3) is 0 Å². The summed E-state index contributed by atoms with van der Waals surface area (Å²) in [4.78, 5) is 12.3. The summed E-state index contributed by atoms with van der Waals surface area (Å²) in [5, 5.41) is 29.0. The summed E-state index contributed by atoms with van der Waals surface area (Å²) in [5.41, 5.74) is 0.584. The first-order valence-corrected chi connectivity index (χ1v) is 6.61. The van der Waals surface area contributed by atoms with Gasteiger partial charge in [0.1, 0.15) is 40.4 Å². The fourth-order valence-corrected chi connectivity index (χ4v) is 2.52. The van der Waals surface area contributed by atoms with Gasteiger partial charge in [-0.1, -0.05) is 0 Å². The highest BCUT2D eigenvalue weighted by atomic mass is 16.5. The molecule has 0 saturated heterocycles. The molecule has 2 aromatic rings. The average molecular weight is 302 g/mol. The summed E-state index contributed by atoms with van der Waals surface area (Å²) >= 11 is 0. The average Bonchev–Trinajstić information content (AvgIpc) is 2.45. The van der Waals surface area contributed by atoms with Gasteiger partial charge in [0.25, 0.3) is 0 Å². The van der Waals surface area contributed by atoms with E-state index < -0.39 is 6.10 Å². The van der Waals surface area contributed by atoms with Crippen LogP contribution in [-0.2, 0) is 0 Å². The van der Waals surface area contributed by atoms with Crippen molar-refractivity contribution in [1.29, 1.82) is 0 Å². The van der Waals surface area contributed by atoms with Crippen LogP contribution in [0.5, 0.6) is 28.7 Å². The zero-order valence-corrected chi connectivity index (χ0v) is 11.7. The third kappa shape index (κ3) is 2.39. The third-order valence-electron chi connectivity index (χ3n) is 3.51. The molecule has 114 valence electrons. The molecule has 3 N–H and O–H groups in total. The Bertz CT molecular complexity index is 732. The lowest BCUT2D eigenvalue weighted by molar-refractivity contribution is 0.0844. The number of methoxy groups -OCH3 is 1. The molecule has 6 heteroatoms. The SMILES string of the molecule is COc1cc(O)c2c(c1)OC(c1cc(O)cc(O)c1)CC2=O. The number of aromatic hydroxyl groups is 3. The van der Waals surface area contributed by atoms with Gasteiger partial charge in [-0.05, 0) is 12.1 Å². The zero-order valence-electron chi connectivity index (χ0n) is 11.7. The zero-order chi connectivity index (χ0) is 15.9. The highest BCUT2D eigenvalue weighted by Crippen LogP contribution is 2.42. The Balaban J connectivity index is 2.03. The van der Waals surface area contributed by atoms with E-state index in [9.17, 15) is 20.1 Å².